The zero-order valence-corrected chi connectivity index (χ0v) is 12.2. The van der Waals surface area contributed by atoms with Crippen molar-refractivity contribution in [3.05, 3.63) is 106 Å². The van der Waals surface area contributed by atoms with Crippen LogP contribution in [0.5, 0.6) is 0 Å². The quantitative estimate of drug-likeness (QED) is 0.490. The van der Waals surface area contributed by atoms with Gasteiger partial charge in [-0.15, -0.1) is 0 Å². The van der Waals surface area contributed by atoms with E-state index in [1.807, 2.05) is 0 Å². The average molecular weight is 284 g/mol. The van der Waals surface area contributed by atoms with Crippen LogP contribution in [0, 0.1) is 0 Å². The molecule has 0 fully saturated rings. The fraction of sp³-hybridized carbons (Fsp3) is 0.143. The van der Waals surface area contributed by atoms with Gasteiger partial charge in [-0.1, -0.05) is 66.7 Å². The Bertz CT molecular complexity index is 894. The van der Waals surface area contributed by atoms with E-state index in [1.54, 1.807) is 0 Å². The van der Waals surface area contributed by atoms with Crippen LogP contribution < -0.4 is 0 Å². The largest absolute Gasteiger partial charge is 0.392 e. The van der Waals surface area contributed by atoms with Crippen molar-refractivity contribution in [1.82, 2.24) is 0 Å². The van der Waals surface area contributed by atoms with Crippen molar-refractivity contribution in [2.45, 2.75) is 18.4 Å². The summed E-state index contributed by atoms with van der Waals surface area (Å²) in [6.07, 6.45) is 0. The molecule has 1 heteroatoms. The Hall–Kier alpha value is -2.38. The first-order valence-electron chi connectivity index (χ1n) is 7.79. The predicted octanol–water partition coefficient (Wildman–Crippen LogP) is 4.17. The van der Waals surface area contributed by atoms with E-state index in [1.165, 1.54) is 33.4 Å². The Kier molecular flexibility index (Phi) is 2.39. The van der Waals surface area contributed by atoms with Crippen molar-refractivity contribution in [2.75, 3.05) is 0 Å². The van der Waals surface area contributed by atoms with Crippen LogP contribution in [0.1, 0.15) is 50.8 Å². The molecular formula is C21H16O. The van der Waals surface area contributed by atoms with Crippen LogP contribution >= 0.6 is 0 Å². The SMILES string of the molecule is OCc1ccc2c(c1)[C@@H]1c3cccc(c3)[C@@H]2c2ccccc21. The lowest BCUT2D eigenvalue weighted by Gasteiger charge is -2.31. The molecule has 0 aliphatic heterocycles. The molecule has 0 heterocycles. The minimum atomic E-state index is 0.101. The smallest absolute Gasteiger partial charge is 0.0681 e. The summed E-state index contributed by atoms with van der Waals surface area (Å²) in [7, 11) is 0. The van der Waals surface area contributed by atoms with E-state index in [0.29, 0.717) is 5.92 Å². The summed E-state index contributed by atoms with van der Waals surface area (Å²) in [5.41, 5.74) is 9.33. The van der Waals surface area contributed by atoms with Gasteiger partial charge in [0.25, 0.3) is 0 Å². The number of hydrogen-bond donors (Lipinski definition) is 1. The molecule has 3 aliphatic carbocycles. The molecule has 0 aromatic heterocycles. The second-order valence-electron chi connectivity index (χ2n) is 6.29. The van der Waals surface area contributed by atoms with Gasteiger partial charge in [-0.05, 0) is 38.9 Å². The molecular weight excluding hydrogens is 268 g/mol. The van der Waals surface area contributed by atoms with Gasteiger partial charge in [0.2, 0.25) is 0 Å². The second kappa shape index (κ2) is 4.31. The first-order chi connectivity index (χ1) is 10.9. The lowest BCUT2D eigenvalue weighted by Crippen LogP contribution is -2.17. The summed E-state index contributed by atoms with van der Waals surface area (Å²) in [6, 6.07) is 24.3. The van der Waals surface area contributed by atoms with Crippen molar-refractivity contribution >= 4 is 0 Å². The van der Waals surface area contributed by atoms with Crippen LogP contribution in [-0.4, -0.2) is 5.11 Å². The molecule has 3 aliphatic rings. The Labute approximate surface area is 129 Å². The highest BCUT2D eigenvalue weighted by atomic mass is 16.3. The molecule has 1 nitrogen and oxygen atoms in total. The molecule has 0 spiro atoms. The molecule has 22 heavy (non-hydrogen) atoms. The van der Waals surface area contributed by atoms with E-state index in [0.717, 1.165) is 5.56 Å². The van der Waals surface area contributed by atoms with Gasteiger partial charge >= 0.3 is 0 Å². The third-order valence-electron chi connectivity index (χ3n) is 5.15. The zero-order chi connectivity index (χ0) is 14.7. The number of rotatable bonds is 1. The Morgan fingerprint density at radius 3 is 1.95 bits per heavy atom. The summed E-state index contributed by atoms with van der Waals surface area (Å²) < 4.78 is 0. The maximum absolute atomic E-state index is 9.52. The van der Waals surface area contributed by atoms with Gasteiger partial charge in [0.05, 0.1) is 6.61 Å². The maximum Gasteiger partial charge on any atom is 0.0681 e. The number of hydrogen-bond acceptors (Lipinski definition) is 1. The van der Waals surface area contributed by atoms with Crippen LogP contribution in [0.25, 0.3) is 0 Å². The topological polar surface area (TPSA) is 20.2 Å². The molecule has 3 aromatic rings. The molecule has 1 N–H and O–H groups in total. The van der Waals surface area contributed by atoms with Crippen molar-refractivity contribution in [3.63, 3.8) is 0 Å². The van der Waals surface area contributed by atoms with Crippen LogP contribution in [0.3, 0.4) is 0 Å². The Morgan fingerprint density at radius 2 is 1.27 bits per heavy atom. The van der Waals surface area contributed by atoms with E-state index < -0.39 is 0 Å². The third kappa shape index (κ3) is 1.47. The van der Waals surface area contributed by atoms with Gasteiger partial charge in [0.1, 0.15) is 0 Å². The van der Waals surface area contributed by atoms with Crippen molar-refractivity contribution in [2.24, 2.45) is 0 Å². The number of aliphatic hydroxyl groups excluding tert-OH is 1. The Morgan fingerprint density at radius 1 is 0.636 bits per heavy atom. The summed E-state index contributed by atoms with van der Waals surface area (Å²) in [5.74, 6) is 0.606. The molecule has 0 saturated carbocycles. The second-order valence-corrected chi connectivity index (χ2v) is 6.29. The molecule has 2 atom stereocenters. The molecule has 4 bridgehead atoms. The van der Waals surface area contributed by atoms with E-state index in [-0.39, 0.29) is 12.5 Å². The molecule has 3 aromatic carbocycles. The van der Waals surface area contributed by atoms with Gasteiger partial charge in [-0.25, -0.2) is 0 Å². The normalized spacial score (nSPS) is 20.2. The first kappa shape index (κ1) is 12.2. The monoisotopic (exact) mass is 284 g/mol. The summed E-state index contributed by atoms with van der Waals surface area (Å²) >= 11 is 0. The number of aliphatic hydroxyl groups is 1. The van der Waals surface area contributed by atoms with Gasteiger partial charge in [-0.2, -0.15) is 0 Å². The van der Waals surface area contributed by atoms with Gasteiger partial charge in [0.15, 0.2) is 0 Å². The molecule has 106 valence electrons. The summed E-state index contributed by atoms with van der Waals surface area (Å²) in [6.45, 7) is 0.101. The van der Waals surface area contributed by atoms with Gasteiger partial charge in [-0.3, -0.25) is 0 Å². The summed E-state index contributed by atoms with van der Waals surface area (Å²) in [4.78, 5) is 0. The minimum Gasteiger partial charge on any atom is -0.392 e. The lowest BCUT2D eigenvalue weighted by molar-refractivity contribution is 0.281. The number of benzene rings is 3. The lowest BCUT2D eigenvalue weighted by atomic mass is 9.71. The zero-order valence-electron chi connectivity index (χ0n) is 12.2. The fourth-order valence-corrected chi connectivity index (χ4v) is 4.24. The van der Waals surface area contributed by atoms with Crippen molar-refractivity contribution < 1.29 is 5.11 Å². The predicted molar refractivity (Wildman–Crippen MR) is 87.1 cm³/mol. The molecule has 0 saturated heterocycles. The molecule has 0 unspecified atom stereocenters. The van der Waals surface area contributed by atoms with E-state index in [2.05, 4.69) is 66.7 Å². The highest BCUT2D eigenvalue weighted by Gasteiger charge is 2.36. The fourth-order valence-electron chi connectivity index (χ4n) is 4.24. The minimum absolute atomic E-state index is 0.101. The highest BCUT2D eigenvalue weighted by Crippen LogP contribution is 2.51. The van der Waals surface area contributed by atoms with Gasteiger partial charge < -0.3 is 5.11 Å². The van der Waals surface area contributed by atoms with Crippen LogP contribution in [0.15, 0.2) is 66.7 Å². The van der Waals surface area contributed by atoms with Crippen molar-refractivity contribution in [1.29, 1.82) is 0 Å². The molecule has 0 radical (unpaired) electrons. The van der Waals surface area contributed by atoms with Crippen LogP contribution in [0.4, 0.5) is 0 Å². The molecule has 6 rings (SSSR count). The van der Waals surface area contributed by atoms with Crippen LogP contribution in [-0.2, 0) is 6.61 Å². The van der Waals surface area contributed by atoms with Crippen LogP contribution in [0.2, 0.25) is 0 Å². The molecule has 0 amide bonds. The summed E-state index contributed by atoms with van der Waals surface area (Å²) in [5, 5.41) is 9.52. The Balaban J connectivity index is 1.91. The van der Waals surface area contributed by atoms with Gasteiger partial charge in [0, 0.05) is 11.8 Å². The maximum atomic E-state index is 9.52. The first-order valence-corrected chi connectivity index (χ1v) is 7.79. The standard InChI is InChI=1S/C21H16O/c22-12-13-8-9-18-19(10-13)21-15-5-3-4-14(11-15)20(18)16-6-1-2-7-17(16)21/h1-11,20-22H,12H2/t20-,21-/m1/s1. The average Bonchev–Trinajstić information content (AvgIpc) is 2.73. The van der Waals surface area contributed by atoms with E-state index in [4.69, 9.17) is 0 Å². The van der Waals surface area contributed by atoms with E-state index in [9.17, 15) is 5.11 Å². The van der Waals surface area contributed by atoms with E-state index >= 15 is 0 Å². The highest BCUT2D eigenvalue weighted by molar-refractivity contribution is 5.64. The third-order valence-corrected chi connectivity index (χ3v) is 5.15. The van der Waals surface area contributed by atoms with Crippen molar-refractivity contribution in [3.8, 4) is 0 Å².